The van der Waals surface area contributed by atoms with Crippen molar-refractivity contribution in [3.8, 4) is 34.0 Å². The van der Waals surface area contributed by atoms with Crippen LogP contribution in [0.5, 0.6) is 11.5 Å². The van der Waals surface area contributed by atoms with Crippen LogP contribution >= 0.6 is 11.3 Å². The lowest BCUT2D eigenvalue weighted by atomic mass is 10.1. The first kappa shape index (κ1) is 16.4. The van der Waals surface area contributed by atoms with Gasteiger partial charge in [-0.3, -0.25) is 9.20 Å². The van der Waals surface area contributed by atoms with Crippen molar-refractivity contribution in [1.82, 2.24) is 9.38 Å². The zero-order chi connectivity index (χ0) is 18.1. The Morgan fingerprint density at radius 3 is 2.46 bits per heavy atom. The Balaban J connectivity index is 1.89. The Morgan fingerprint density at radius 2 is 1.77 bits per heavy atom. The number of imidazole rings is 1. The molecule has 2 heterocycles. The van der Waals surface area contributed by atoms with Crippen LogP contribution in [0, 0.1) is 0 Å². The van der Waals surface area contributed by atoms with Crippen molar-refractivity contribution in [2.45, 2.75) is 0 Å². The zero-order valence-corrected chi connectivity index (χ0v) is 15.1. The molecule has 26 heavy (non-hydrogen) atoms. The minimum absolute atomic E-state index is 0.532. The van der Waals surface area contributed by atoms with E-state index in [0.717, 1.165) is 39.6 Å². The Morgan fingerprint density at radius 1 is 1.00 bits per heavy atom. The average molecular weight is 364 g/mol. The van der Waals surface area contributed by atoms with E-state index in [9.17, 15) is 4.79 Å². The number of fused-ring (bicyclic) bond motifs is 1. The van der Waals surface area contributed by atoms with Gasteiger partial charge in [-0.25, -0.2) is 4.98 Å². The number of hydrogen-bond acceptors (Lipinski definition) is 5. The van der Waals surface area contributed by atoms with Gasteiger partial charge in [0.15, 0.2) is 11.2 Å². The van der Waals surface area contributed by atoms with Crippen molar-refractivity contribution in [3.05, 3.63) is 59.6 Å². The number of carbonyl (C=O) groups is 1. The molecule has 0 spiro atoms. The lowest BCUT2D eigenvalue weighted by Gasteiger charge is -2.05. The third kappa shape index (κ3) is 2.64. The van der Waals surface area contributed by atoms with Crippen LogP contribution < -0.4 is 9.47 Å². The lowest BCUT2D eigenvalue weighted by Crippen LogP contribution is -1.94. The third-order valence-corrected chi connectivity index (χ3v) is 5.07. The summed E-state index contributed by atoms with van der Waals surface area (Å²) in [6.07, 6.45) is 0.857. The number of benzene rings is 2. The summed E-state index contributed by atoms with van der Waals surface area (Å²) in [5.74, 6) is 1.53. The standard InChI is InChI=1S/C20H16N2O3S/c1-24-15-8-6-13(7-9-15)19-17(11-23)22-18(12-26-20(22)21-19)14-4-3-5-16(10-14)25-2/h3-12H,1-2H3. The quantitative estimate of drug-likeness (QED) is 0.487. The van der Waals surface area contributed by atoms with Crippen molar-refractivity contribution in [3.63, 3.8) is 0 Å². The molecule has 130 valence electrons. The number of hydrogen-bond donors (Lipinski definition) is 0. The number of aromatic nitrogens is 2. The summed E-state index contributed by atoms with van der Waals surface area (Å²) in [6.45, 7) is 0. The van der Waals surface area contributed by atoms with Crippen LogP contribution in [-0.2, 0) is 0 Å². The van der Waals surface area contributed by atoms with Crippen LogP contribution in [0.15, 0.2) is 53.9 Å². The van der Waals surface area contributed by atoms with E-state index in [-0.39, 0.29) is 0 Å². The largest absolute Gasteiger partial charge is 0.497 e. The zero-order valence-electron chi connectivity index (χ0n) is 14.3. The molecule has 2 aromatic heterocycles. The Hall–Kier alpha value is -3.12. The number of aldehydes is 1. The number of rotatable bonds is 5. The molecular formula is C20H16N2O3S. The first-order valence-electron chi connectivity index (χ1n) is 7.99. The highest BCUT2D eigenvalue weighted by atomic mass is 32.1. The lowest BCUT2D eigenvalue weighted by molar-refractivity contribution is 0.111. The highest BCUT2D eigenvalue weighted by Gasteiger charge is 2.18. The van der Waals surface area contributed by atoms with Crippen LogP contribution in [-0.4, -0.2) is 29.9 Å². The van der Waals surface area contributed by atoms with Crippen molar-refractivity contribution >= 4 is 22.6 Å². The summed E-state index contributed by atoms with van der Waals surface area (Å²) in [7, 11) is 3.26. The molecule has 4 rings (SSSR count). The van der Waals surface area contributed by atoms with Gasteiger partial charge in [0.25, 0.3) is 0 Å². The van der Waals surface area contributed by atoms with Gasteiger partial charge < -0.3 is 9.47 Å². The first-order valence-corrected chi connectivity index (χ1v) is 8.87. The minimum Gasteiger partial charge on any atom is -0.497 e. The van der Waals surface area contributed by atoms with Gasteiger partial charge in [-0.1, -0.05) is 12.1 Å². The van der Waals surface area contributed by atoms with Gasteiger partial charge in [-0.15, -0.1) is 11.3 Å². The van der Waals surface area contributed by atoms with Gasteiger partial charge in [0.2, 0.25) is 0 Å². The second-order valence-corrected chi connectivity index (χ2v) is 6.50. The van der Waals surface area contributed by atoms with E-state index in [0.29, 0.717) is 11.4 Å². The van der Waals surface area contributed by atoms with E-state index in [1.807, 2.05) is 58.3 Å². The number of methoxy groups -OCH3 is 2. The Kier molecular flexibility index (Phi) is 4.18. The van der Waals surface area contributed by atoms with Crippen molar-refractivity contribution in [1.29, 1.82) is 0 Å². The SMILES string of the molecule is COc1ccc(-c2nc3scc(-c4cccc(OC)c4)n3c2C=O)cc1. The summed E-state index contributed by atoms with van der Waals surface area (Å²) >= 11 is 1.50. The molecule has 6 heteroatoms. The number of thiazole rings is 1. The molecule has 0 aliphatic heterocycles. The second kappa shape index (κ2) is 6.65. The van der Waals surface area contributed by atoms with Crippen molar-refractivity contribution in [2.75, 3.05) is 14.2 Å². The summed E-state index contributed by atoms with van der Waals surface area (Å²) in [5, 5.41) is 2.00. The topological polar surface area (TPSA) is 52.8 Å². The molecule has 0 amide bonds. The van der Waals surface area contributed by atoms with E-state index in [1.165, 1.54) is 11.3 Å². The first-order chi connectivity index (χ1) is 12.7. The molecule has 2 aromatic carbocycles. The van der Waals surface area contributed by atoms with Crippen LogP contribution in [0.1, 0.15) is 10.5 Å². The smallest absolute Gasteiger partial charge is 0.195 e. The molecule has 0 aliphatic carbocycles. The van der Waals surface area contributed by atoms with Gasteiger partial charge >= 0.3 is 0 Å². The molecule has 0 fully saturated rings. The van der Waals surface area contributed by atoms with Gasteiger partial charge in [0.05, 0.1) is 19.9 Å². The van der Waals surface area contributed by atoms with Crippen LogP contribution in [0.25, 0.3) is 27.5 Å². The van der Waals surface area contributed by atoms with E-state index in [4.69, 9.17) is 9.47 Å². The van der Waals surface area contributed by atoms with E-state index in [2.05, 4.69) is 4.98 Å². The van der Waals surface area contributed by atoms with Gasteiger partial charge in [-0.05, 0) is 36.4 Å². The molecule has 0 saturated heterocycles. The normalized spacial score (nSPS) is 10.8. The Bertz CT molecular complexity index is 1080. The van der Waals surface area contributed by atoms with Gasteiger partial charge in [0, 0.05) is 16.5 Å². The molecule has 0 unspecified atom stereocenters. The fraction of sp³-hybridized carbons (Fsp3) is 0.100. The van der Waals surface area contributed by atoms with Crippen molar-refractivity contribution < 1.29 is 14.3 Å². The maximum atomic E-state index is 11.9. The summed E-state index contributed by atoms with van der Waals surface area (Å²) in [6, 6.07) is 15.3. The number of ether oxygens (including phenoxy) is 2. The van der Waals surface area contributed by atoms with Crippen LogP contribution in [0.4, 0.5) is 0 Å². The highest BCUT2D eigenvalue weighted by Crippen LogP contribution is 2.33. The monoisotopic (exact) mass is 364 g/mol. The van der Waals surface area contributed by atoms with Gasteiger partial charge in [0.1, 0.15) is 22.9 Å². The van der Waals surface area contributed by atoms with E-state index >= 15 is 0 Å². The molecule has 5 nitrogen and oxygen atoms in total. The second-order valence-electron chi connectivity index (χ2n) is 5.66. The average Bonchev–Trinajstić information content (AvgIpc) is 3.27. The minimum atomic E-state index is 0.532. The number of nitrogens with zero attached hydrogens (tertiary/aromatic N) is 2. The summed E-state index contributed by atoms with van der Waals surface area (Å²) in [5.41, 5.74) is 3.96. The predicted octanol–water partition coefficient (Wildman–Crippen LogP) is 4.56. The highest BCUT2D eigenvalue weighted by molar-refractivity contribution is 7.15. The maximum Gasteiger partial charge on any atom is 0.195 e. The third-order valence-electron chi connectivity index (χ3n) is 4.24. The molecule has 0 N–H and O–H groups in total. The molecule has 0 saturated carbocycles. The fourth-order valence-corrected chi connectivity index (χ4v) is 3.84. The molecule has 0 aliphatic rings. The molecule has 4 aromatic rings. The van der Waals surface area contributed by atoms with Gasteiger partial charge in [-0.2, -0.15) is 0 Å². The molecule has 0 radical (unpaired) electrons. The predicted molar refractivity (Wildman–Crippen MR) is 102 cm³/mol. The van der Waals surface area contributed by atoms with E-state index < -0.39 is 0 Å². The molecule has 0 bridgehead atoms. The summed E-state index contributed by atoms with van der Waals surface area (Å²) in [4.78, 5) is 17.3. The maximum absolute atomic E-state index is 11.9. The molecule has 0 atom stereocenters. The van der Waals surface area contributed by atoms with Crippen LogP contribution in [0.3, 0.4) is 0 Å². The van der Waals surface area contributed by atoms with E-state index in [1.54, 1.807) is 14.2 Å². The fourth-order valence-electron chi connectivity index (χ4n) is 2.93. The Labute approximate surface area is 154 Å². The van der Waals surface area contributed by atoms with Crippen molar-refractivity contribution in [2.24, 2.45) is 0 Å². The molecular weight excluding hydrogens is 348 g/mol. The van der Waals surface area contributed by atoms with Crippen LogP contribution in [0.2, 0.25) is 0 Å². The number of carbonyl (C=O) groups excluding carboxylic acids is 1. The summed E-state index contributed by atoms with van der Waals surface area (Å²) < 4.78 is 12.4.